The third kappa shape index (κ3) is 3.43. The summed E-state index contributed by atoms with van der Waals surface area (Å²) in [6.45, 7) is 2.01. The van der Waals surface area contributed by atoms with Gasteiger partial charge in [-0.05, 0) is 55.5 Å². The second kappa shape index (κ2) is 6.26. The zero-order valence-corrected chi connectivity index (χ0v) is 13.5. The van der Waals surface area contributed by atoms with Crippen LogP contribution in [-0.4, -0.2) is 8.42 Å². The van der Waals surface area contributed by atoms with Gasteiger partial charge in [-0.15, -0.1) is 0 Å². The average molecular weight is 324 g/mol. The first-order valence-corrected chi connectivity index (χ1v) is 8.69. The lowest BCUT2D eigenvalue weighted by Gasteiger charge is -2.08. The van der Waals surface area contributed by atoms with Gasteiger partial charge in [0.1, 0.15) is 11.5 Å². The Hall–Kier alpha value is -2.59. The van der Waals surface area contributed by atoms with Gasteiger partial charge in [-0.25, -0.2) is 8.42 Å². The molecule has 3 aromatic rings. The summed E-state index contributed by atoms with van der Waals surface area (Å²) in [5.74, 6) is 1.31. The van der Waals surface area contributed by atoms with Gasteiger partial charge in [0.25, 0.3) is 0 Å². The van der Waals surface area contributed by atoms with Crippen LogP contribution < -0.4 is 4.74 Å². The maximum atomic E-state index is 12.5. The molecule has 0 aliphatic rings. The second-order valence-corrected chi connectivity index (χ2v) is 7.15. The number of benzene rings is 3. The van der Waals surface area contributed by atoms with Gasteiger partial charge in [-0.2, -0.15) is 0 Å². The normalized spacial score (nSPS) is 11.2. The quantitative estimate of drug-likeness (QED) is 0.703. The fraction of sp³-hybridized carbons (Fsp3) is 0.0526. The lowest BCUT2D eigenvalue weighted by Crippen LogP contribution is -2.01. The lowest BCUT2D eigenvalue weighted by atomic mass is 10.2. The van der Waals surface area contributed by atoms with Crippen LogP contribution in [0.1, 0.15) is 5.56 Å². The Morgan fingerprint density at radius 2 is 1.13 bits per heavy atom. The topological polar surface area (TPSA) is 43.4 Å². The molecule has 0 spiro atoms. The van der Waals surface area contributed by atoms with Crippen molar-refractivity contribution in [3.63, 3.8) is 0 Å². The van der Waals surface area contributed by atoms with Crippen LogP contribution in [0.5, 0.6) is 11.5 Å². The fourth-order valence-electron chi connectivity index (χ4n) is 2.16. The highest BCUT2D eigenvalue weighted by Crippen LogP contribution is 2.26. The lowest BCUT2D eigenvalue weighted by molar-refractivity contribution is 0.482. The average Bonchev–Trinajstić information content (AvgIpc) is 2.58. The maximum absolute atomic E-state index is 12.5. The molecule has 0 saturated heterocycles. The van der Waals surface area contributed by atoms with Crippen LogP contribution in [0.3, 0.4) is 0 Å². The summed E-state index contributed by atoms with van der Waals surface area (Å²) < 4.78 is 30.7. The van der Waals surface area contributed by atoms with E-state index in [4.69, 9.17) is 4.74 Å². The van der Waals surface area contributed by atoms with E-state index in [1.54, 1.807) is 54.6 Å². The molecule has 0 heterocycles. The summed E-state index contributed by atoms with van der Waals surface area (Å²) in [4.78, 5) is 0.534. The summed E-state index contributed by atoms with van der Waals surface area (Å²) in [6.07, 6.45) is 0. The van der Waals surface area contributed by atoms with E-state index >= 15 is 0 Å². The second-order valence-electron chi connectivity index (χ2n) is 5.20. The van der Waals surface area contributed by atoms with Crippen molar-refractivity contribution < 1.29 is 13.2 Å². The molecule has 3 rings (SSSR count). The number of ether oxygens (including phenoxy) is 1. The molecule has 0 bridgehead atoms. The molecule has 0 unspecified atom stereocenters. The summed E-state index contributed by atoms with van der Waals surface area (Å²) in [5, 5.41) is 0. The van der Waals surface area contributed by atoms with E-state index in [9.17, 15) is 8.42 Å². The maximum Gasteiger partial charge on any atom is 0.206 e. The van der Waals surface area contributed by atoms with Crippen LogP contribution in [0.25, 0.3) is 0 Å². The smallest absolute Gasteiger partial charge is 0.206 e. The molecule has 0 aromatic heterocycles. The van der Waals surface area contributed by atoms with Crippen molar-refractivity contribution in [2.75, 3.05) is 0 Å². The van der Waals surface area contributed by atoms with E-state index < -0.39 is 9.84 Å². The molecule has 116 valence electrons. The Morgan fingerprint density at radius 1 is 0.652 bits per heavy atom. The molecule has 0 saturated carbocycles. The monoisotopic (exact) mass is 324 g/mol. The van der Waals surface area contributed by atoms with E-state index in [1.807, 2.05) is 31.2 Å². The van der Waals surface area contributed by atoms with Crippen LogP contribution in [0.4, 0.5) is 0 Å². The van der Waals surface area contributed by atoms with Gasteiger partial charge in [0.2, 0.25) is 9.84 Å². The minimum Gasteiger partial charge on any atom is -0.457 e. The van der Waals surface area contributed by atoms with E-state index in [1.165, 1.54) is 0 Å². The number of aryl methyl sites for hydroxylation is 1. The fourth-order valence-corrected chi connectivity index (χ4v) is 3.45. The largest absolute Gasteiger partial charge is 0.457 e. The summed E-state index contributed by atoms with van der Waals surface area (Å²) in [7, 11) is -3.49. The molecule has 0 amide bonds. The molecule has 0 fully saturated rings. The van der Waals surface area contributed by atoms with E-state index in [2.05, 4.69) is 0 Å². The third-order valence-electron chi connectivity index (χ3n) is 3.44. The summed E-state index contributed by atoms with van der Waals surface area (Å²) >= 11 is 0. The van der Waals surface area contributed by atoms with E-state index in [-0.39, 0.29) is 9.79 Å². The summed E-state index contributed by atoms with van der Waals surface area (Å²) in [6, 6.07) is 22.5. The Bertz CT molecular complexity index is 882. The van der Waals surface area contributed by atoms with Gasteiger partial charge in [0.15, 0.2) is 0 Å². The molecule has 4 heteroatoms. The van der Waals surface area contributed by atoms with Crippen molar-refractivity contribution in [3.05, 3.63) is 84.4 Å². The van der Waals surface area contributed by atoms with Crippen LogP contribution in [-0.2, 0) is 9.84 Å². The van der Waals surface area contributed by atoms with Crippen molar-refractivity contribution in [3.8, 4) is 11.5 Å². The number of hydrogen-bond donors (Lipinski definition) is 0. The van der Waals surface area contributed by atoms with Gasteiger partial charge < -0.3 is 4.74 Å². The molecule has 3 aromatic carbocycles. The molecule has 0 aliphatic carbocycles. The van der Waals surface area contributed by atoms with Crippen molar-refractivity contribution in [1.82, 2.24) is 0 Å². The van der Waals surface area contributed by atoms with Crippen LogP contribution in [0, 0.1) is 6.92 Å². The number of rotatable bonds is 4. The minimum atomic E-state index is -3.49. The predicted octanol–water partition coefficient (Wildman–Crippen LogP) is 4.62. The molecule has 0 atom stereocenters. The Labute approximate surface area is 136 Å². The molecular formula is C19H16O3S. The Morgan fingerprint density at radius 3 is 1.70 bits per heavy atom. The first-order chi connectivity index (χ1) is 11.1. The standard InChI is InChI=1S/C19H16O3S/c1-15-7-9-16(10-8-15)22-17-11-13-19(14-12-17)23(20,21)18-5-3-2-4-6-18/h2-14H,1H3. The molecule has 0 aliphatic heterocycles. The number of sulfone groups is 1. The van der Waals surface area contributed by atoms with Gasteiger partial charge in [0, 0.05) is 0 Å². The number of hydrogen-bond acceptors (Lipinski definition) is 3. The molecule has 23 heavy (non-hydrogen) atoms. The van der Waals surface area contributed by atoms with Gasteiger partial charge in [-0.1, -0.05) is 35.9 Å². The highest BCUT2D eigenvalue weighted by molar-refractivity contribution is 7.91. The molecule has 3 nitrogen and oxygen atoms in total. The van der Waals surface area contributed by atoms with Crippen LogP contribution in [0.15, 0.2) is 88.7 Å². The van der Waals surface area contributed by atoms with Crippen LogP contribution in [0.2, 0.25) is 0 Å². The van der Waals surface area contributed by atoms with Crippen molar-refractivity contribution in [2.45, 2.75) is 16.7 Å². The van der Waals surface area contributed by atoms with Gasteiger partial charge in [0.05, 0.1) is 9.79 Å². The van der Waals surface area contributed by atoms with E-state index in [0.29, 0.717) is 11.5 Å². The highest BCUT2D eigenvalue weighted by atomic mass is 32.2. The van der Waals surface area contributed by atoms with Gasteiger partial charge >= 0.3 is 0 Å². The van der Waals surface area contributed by atoms with Crippen LogP contribution >= 0.6 is 0 Å². The van der Waals surface area contributed by atoms with Crippen molar-refractivity contribution >= 4 is 9.84 Å². The third-order valence-corrected chi connectivity index (χ3v) is 5.23. The van der Waals surface area contributed by atoms with Gasteiger partial charge in [-0.3, -0.25) is 0 Å². The highest BCUT2D eigenvalue weighted by Gasteiger charge is 2.16. The van der Waals surface area contributed by atoms with E-state index in [0.717, 1.165) is 5.56 Å². The predicted molar refractivity (Wildman–Crippen MR) is 89.6 cm³/mol. The summed E-state index contributed by atoms with van der Waals surface area (Å²) in [5.41, 5.74) is 1.15. The first kappa shape index (κ1) is 15.3. The molecule has 0 N–H and O–H groups in total. The van der Waals surface area contributed by atoms with Crippen molar-refractivity contribution in [1.29, 1.82) is 0 Å². The molecule has 0 radical (unpaired) electrons. The van der Waals surface area contributed by atoms with Crippen molar-refractivity contribution in [2.24, 2.45) is 0 Å². The first-order valence-electron chi connectivity index (χ1n) is 7.20. The Balaban J connectivity index is 1.83. The Kier molecular flexibility index (Phi) is 4.17. The minimum absolute atomic E-state index is 0.250. The molecular weight excluding hydrogens is 308 g/mol. The SMILES string of the molecule is Cc1ccc(Oc2ccc(S(=O)(=O)c3ccccc3)cc2)cc1. The zero-order valence-electron chi connectivity index (χ0n) is 12.6. The zero-order chi connectivity index (χ0) is 16.3.